The monoisotopic (exact) mass is 422 g/mol. The van der Waals surface area contributed by atoms with Crippen molar-refractivity contribution in [2.24, 2.45) is 0 Å². The maximum absolute atomic E-state index is 12.5. The van der Waals surface area contributed by atoms with Crippen molar-refractivity contribution in [2.45, 2.75) is 26.7 Å². The third-order valence-corrected chi connectivity index (χ3v) is 6.00. The number of carbonyl (C=O) groups is 1. The number of amides is 1. The number of hydrogen-bond donors (Lipinski definition) is 1. The zero-order valence-corrected chi connectivity index (χ0v) is 18.2. The van der Waals surface area contributed by atoms with Gasteiger partial charge in [0.25, 0.3) is 5.91 Å². The zero-order valence-electron chi connectivity index (χ0n) is 17.3. The van der Waals surface area contributed by atoms with Crippen molar-refractivity contribution in [3.63, 3.8) is 0 Å². The van der Waals surface area contributed by atoms with E-state index in [1.54, 1.807) is 6.20 Å². The Bertz CT molecular complexity index is 986. The summed E-state index contributed by atoms with van der Waals surface area (Å²) >= 11 is 1.48. The van der Waals surface area contributed by atoms with Crippen LogP contribution in [0.4, 0.5) is 16.6 Å². The van der Waals surface area contributed by atoms with Crippen LogP contribution in [0.3, 0.4) is 0 Å². The predicted molar refractivity (Wildman–Crippen MR) is 122 cm³/mol. The van der Waals surface area contributed by atoms with E-state index in [1.165, 1.54) is 11.5 Å². The lowest BCUT2D eigenvalue weighted by Crippen LogP contribution is -2.31. The number of aromatic nitrogens is 3. The fourth-order valence-electron chi connectivity index (χ4n) is 3.40. The Hall–Kier alpha value is -3.00. The van der Waals surface area contributed by atoms with Gasteiger partial charge in [0.05, 0.1) is 5.56 Å². The predicted octanol–water partition coefficient (Wildman–Crippen LogP) is 3.77. The number of pyridine rings is 1. The molecule has 2 aromatic heterocycles. The Morgan fingerprint density at radius 1 is 1.07 bits per heavy atom. The maximum atomic E-state index is 12.5. The molecule has 0 saturated carbocycles. The molecule has 1 aromatic carbocycles. The number of rotatable bonds is 5. The van der Waals surface area contributed by atoms with Gasteiger partial charge in [-0.05, 0) is 37.6 Å². The van der Waals surface area contributed by atoms with Gasteiger partial charge in [0, 0.05) is 56.0 Å². The highest BCUT2D eigenvalue weighted by atomic mass is 32.1. The van der Waals surface area contributed by atoms with Crippen molar-refractivity contribution in [3.05, 3.63) is 59.5 Å². The van der Waals surface area contributed by atoms with E-state index < -0.39 is 0 Å². The van der Waals surface area contributed by atoms with E-state index in [-0.39, 0.29) is 5.91 Å². The summed E-state index contributed by atoms with van der Waals surface area (Å²) in [6, 6.07) is 11.5. The lowest BCUT2D eigenvalue weighted by molar-refractivity contribution is 0.102. The van der Waals surface area contributed by atoms with Gasteiger partial charge in [-0.25, -0.2) is 9.97 Å². The molecular formula is C22H26N6OS. The first-order valence-electron chi connectivity index (χ1n) is 10.3. The summed E-state index contributed by atoms with van der Waals surface area (Å²) in [5, 5.41) is 3.92. The Kier molecular flexibility index (Phi) is 6.23. The van der Waals surface area contributed by atoms with E-state index >= 15 is 0 Å². The Balaban J connectivity index is 1.37. The number of hydrogen-bond acceptors (Lipinski definition) is 7. The van der Waals surface area contributed by atoms with Gasteiger partial charge in [-0.3, -0.25) is 4.79 Å². The molecule has 0 bridgehead atoms. The minimum absolute atomic E-state index is 0.150. The molecule has 0 spiro atoms. The number of aryl methyl sites for hydroxylation is 2. The van der Waals surface area contributed by atoms with Crippen LogP contribution in [0, 0.1) is 6.92 Å². The molecular weight excluding hydrogens is 396 g/mol. The van der Waals surface area contributed by atoms with E-state index in [1.807, 2.05) is 43.3 Å². The maximum Gasteiger partial charge on any atom is 0.257 e. The van der Waals surface area contributed by atoms with Gasteiger partial charge < -0.3 is 15.1 Å². The molecule has 0 unspecified atom stereocenters. The highest BCUT2D eigenvalue weighted by Crippen LogP contribution is 2.21. The first kappa shape index (κ1) is 20.3. The van der Waals surface area contributed by atoms with Gasteiger partial charge in [-0.2, -0.15) is 4.37 Å². The molecule has 30 heavy (non-hydrogen) atoms. The van der Waals surface area contributed by atoms with Crippen LogP contribution < -0.4 is 15.1 Å². The van der Waals surface area contributed by atoms with Crippen molar-refractivity contribution in [2.75, 3.05) is 41.3 Å². The summed E-state index contributed by atoms with van der Waals surface area (Å²) in [5.41, 5.74) is 2.49. The smallest absolute Gasteiger partial charge is 0.257 e. The van der Waals surface area contributed by atoms with E-state index in [0.717, 1.165) is 67.0 Å². The molecule has 8 heteroatoms. The number of nitrogens with zero attached hydrogens (tertiary/aromatic N) is 5. The lowest BCUT2D eigenvalue weighted by atomic mass is 10.2. The van der Waals surface area contributed by atoms with Crippen molar-refractivity contribution in [1.82, 2.24) is 14.3 Å². The summed E-state index contributed by atoms with van der Waals surface area (Å²) in [7, 11) is 0. The fraction of sp³-hybridized carbons (Fsp3) is 0.364. The molecule has 1 aliphatic rings. The number of carbonyl (C=O) groups excluding carboxylic acids is 1. The van der Waals surface area contributed by atoms with Gasteiger partial charge >= 0.3 is 0 Å². The zero-order chi connectivity index (χ0) is 20.9. The van der Waals surface area contributed by atoms with Crippen LogP contribution in [0.2, 0.25) is 0 Å². The topological polar surface area (TPSA) is 74.2 Å². The molecule has 0 aliphatic carbocycles. The van der Waals surface area contributed by atoms with Crippen LogP contribution in [0.5, 0.6) is 0 Å². The summed E-state index contributed by atoms with van der Waals surface area (Å²) in [5.74, 6) is 1.66. The molecule has 7 nitrogen and oxygen atoms in total. The Labute approximate surface area is 180 Å². The van der Waals surface area contributed by atoms with Crippen molar-refractivity contribution in [3.8, 4) is 0 Å². The average molecular weight is 423 g/mol. The molecule has 3 aromatic rings. The van der Waals surface area contributed by atoms with Gasteiger partial charge in [0.1, 0.15) is 11.6 Å². The fourth-order valence-corrected chi connectivity index (χ4v) is 4.20. The Morgan fingerprint density at radius 2 is 1.83 bits per heavy atom. The minimum atomic E-state index is -0.150. The molecule has 1 N–H and O–H groups in total. The third kappa shape index (κ3) is 4.76. The number of benzene rings is 1. The van der Waals surface area contributed by atoms with Gasteiger partial charge in [-0.15, -0.1) is 0 Å². The van der Waals surface area contributed by atoms with Crippen molar-refractivity contribution < 1.29 is 4.79 Å². The van der Waals surface area contributed by atoms with E-state index in [9.17, 15) is 4.79 Å². The molecule has 0 radical (unpaired) electrons. The lowest BCUT2D eigenvalue weighted by Gasteiger charge is -2.22. The number of anilines is 3. The standard InChI is InChI=1S/C22H26N6OS/c1-3-19-25-22(30-26-19)28-12-4-11-27(13-14-28)20-10-7-17(15-23-20)21(29)24-18-8-5-16(2)6-9-18/h5-10,15H,3-4,11-14H2,1-2H3,(H,24,29). The largest absolute Gasteiger partial charge is 0.355 e. The average Bonchev–Trinajstić information content (AvgIpc) is 3.12. The first-order valence-corrected chi connectivity index (χ1v) is 11.1. The van der Waals surface area contributed by atoms with Crippen LogP contribution in [-0.2, 0) is 6.42 Å². The molecule has 1 saturated heterocycles. The highest BCUT2D eigenvalue weighted by molar-refractivity contribution is 7.09. The van der Waals surface area contributed by atoms with Crippen LogP contribution in [0.1, 0.15) is 35.1 Å². The summed E-state index contributed by atoms with van der Waals surface area (Å²) in [6.45, 7) is 7.74. The summed E-state index contributed by atoms with van der Waals surface area (Å²) < 4.78 is 4.40. The summed E-state index contributed by atoms with van der Waals surface area (Å²) in [6.07, 6.45) is 3.54. The quantitative estimate of drug-likeness (QED) is 0.675. The molecule has 1 aliphatic heterocycles. The van der Waals surface area contributed by atoms with Crippen LogP contribution in [0.15, 0.2) is 42.6 Å². The van der Waals surface area contributed by atoms with E-state index in [0.29, 0.717) is 5.56 Å². The van der Waals surface area contributed by atoms with Crippen molar-refractivity contribution in [1.29, 1.82) is 0 Å². The molecule has 156 valence electrons. The third-order valence-electron chi connectivity index (χ3n) is 5.18. The van der Waals surface area contributed by atoms with Gasteiger partial charge in [-0.1, -0.05) is 24.6 Å². The second-order valence-corrected chi connectivity index (χ2v) is 8.13. The van der Waals surface area contributed by atoms with Crippen LogP contribution in [0.25, 0.3) is 0 Å². The van der Waals surface area contributed by atoms with Crippen LogP contribution >= 0.6 is 11.5 Å². The molecule has 1 amide bonds. The van der Waals surface area contributed by atoms with Gasteiger partial charge in [0.15, 0.2) is 0 Å². The Morgan fingerprint density at radius 3 is 2.53 bits per heavy atom. The molecule has 1 fully saturated rings. The number of nitrogens with one attached hydrogen (secondary N) is 1. The summed E-state index contributed by atoms with van der Waals surface area (Å²) in [4.78, 5) is 26.2. The van der Waals surface area contributed by atoms with Gasteiger partial charge in [0.2, 0.25) is 5.13 Å². The highest BCUT2D eigenvalue weighted by Gasteiger charge is 2.19. The minimum Gasteiger partial charge on any atom is -0.355 e. The molecule has 0 atom stereocenters. The second-order valence-electron chi connectivity index (χ2n) is 7.40. The van der Waals surface area contributed by atoms with Crippen molar-refractivity contribution >= 4 is 34.1 Å². The normalized spacial score (nSPS) is 14.5. The van der Waals surface area contributed by atoms with Crippen LogP contribution in [-0.4, -0.2) is 46.4 Å². The first-order chi connectivity index (χ1) is 14.6. The van der Waals surface area contributed by atoms with E-state index in [4.69, 9.17) is 0 Å². The molecule has 4 rings (SSSR count). The second kappa shape index (κ2) is 9.21. The SMILES string of the molecule is CCc1nsc(N2CCCN(c3ccc(C(=O)Nc4ccc(C)cc4)cn3)CC2)n1. The molecule has 3 heterocycles. The van der Waals surface area contributed by atoms with E-state index in [2.05, 4.69) is 36.4 Å².